The van der Waals surface area contributed by atoms with Gasteiger partial charge in [0.2, 0.25) is 0 Å². The molecule has 0 unspecified atom stereocenters. The molecule has 2 rings (SSSR count). The van der Waals surface area contributed by atoms with Crippen LogP contribution in [0.5, 0.6) is 0 Å². The highest BCUT2D eigenvalue weighted by Gasteiger charge is 2.24. The van der Waals surface area contributed by atoms with Crippen molar-refractivity contribution >= 4 is 15.9 Å². The molecule has 0 bridgehead atoms. The Labute approximate surface area is 119 Å². The molecule has 1 aromatic carbocycles. The maximum atomic E-state index is 12.1. The molecular formula is C14H18N2O3S. The van der Waals surface area contributed by atoms with E-state index in [0.717, 1.165) is 18.4 Å². The van der Waals surface area contributed by atoms with Crippen molar-refractivity contribution in [3.8, 4) is 11.8 Å². The van der Waals surface area contributed by atoms with Gasteiger partial charge in [-0.05, 0) is 31.0 Å². The van der Waals surface area contributed by atoms with Crippen molar-refractivity contribution in [1.29, 1.82) is 0 Å². The molecule has 1 aromatic rings. The number of aliphatic hydroxyl groups excluding tert-OH is 1. The van der Waals surface area contributed by atoms with Gasteiger partial charge in [0.25, 0.3) is 0 Å². The highest BCUT2D eigenvalue weighted by atomic mass is 32.2. The van der Waals surface area contributed by atoms with Gasteiger partial charge in [-0.1, -0.05) is 17.9 Å². The summed E-state index contributed by atoms with van der Waals surface area (Å²) in [5.74, 6) is 5.69. The molecule has 0 aliphatic carbocycles. The molecule has 1 heterocycles. The summed E-state index contributed by atoms with van der Waals surface area (Å²) < 4.78 is 28.3. The molecule has 108 valence electrons. The van der Waals surface area contributed by atoms with Crippen LogP contribution in [-0.4, -0.2) is 37.5 Å². The summed E-state index contributed by atoms with van der Waals surface area (Å²) in [6.07, 6.45) is 2.23. The summed E-state index contributed by atoms with van der Waals surface area (Å²) in [5, 5.41) is 8.67. The number of aliphatic hydroxyl groups is 1. The van der Waals surface area contributed by atoms with E-state index in [1.54, 1.807) is 24.3 Å². The Balaban J connectivity index is 2.10. The predicted molar refractivity (Wildman–Crippen MR) is 78.4 cm³/mol. The Morgan fingerprint density at radius 3 is 2.75 bits per heavy atom. The van der Waals surface area contributed by atoms with Gasteiger partial charge in [-0.2, -0.15) is 12.7 Å². The monoisotopic (exact) mass is 294 g/mol. The first-order chi connectivity index (χ1) is 9.62. The SMILES string of the molecule is O=S(=O)(Nc1cccc(C#CCCO)c1)N1CCCC1. The average Bonchev–Trinajstić information content (AvgIpc) is 2.94. The van der Waals surface area contributed by atoms with Crippen LogP contribution in [0.3, 0.4) is 0 Å². The van der Waals surface area contributed by atoms with E-state index in [4.69, 9.17) is 5.11 Å². The minimum absolute atomic E-state index is 0.0221. The molecule has 0 amide bonds. The molecule has 0 aromatic heterocycles. The summed E-state index contributed by atoms with van der Waals surface area (Å²) in [6, 6.07) is 6.95. The van der Waals surface area contributed by atoms with Crippen LogP contribution >= 0.6 is 0 Å². The highest BCUT2D eigenvalue weighted by molar-refractivity contribution is 7.90. The van der Waals surface area contributed by atoms with E-state index >= 15 is 0 Å². The molecule has 5 nitrogen and oxygen atoms in total. The quantitative estimate of drug-likeness (QED) is 0.819. The molecule has 20 heavy (non-hydrogen) atoms. The lowest BCUT2D eigenvalue weighted by molar-refractivity contribution is 0.305. The van der Waals surface area contributed by atoms with Crippen LogP contribution in [0, 0.1) is 11.8 Å². The standard InChI is InChI=1S/C14H18N2O3S/c17-11-4-1-6-13-7-5-8-14(12-13)15-20(18,19)16-9-2-3-10-16/h5,7-8,12,15,17H,2-4,9-11H2. The molecule has 1 fully saturated rings. The number of nitrogens with one attached hydrogen (secondary N) is 1. The Kier molecular flexibility index (Phi) is 5.01. The Hall–Kier alpha value is -1.55. The molecule has 6 heteroatoms. The van der Waals surface area contributed by atoms with Gasteiger partial charge in [-0.25, -0.2) is 0 Å². The Bertz CT molecular complexity index is 611. The lowest BCUT2D eigenvalue weighted by Gasteiger charge is -2.16. The van der Waals surface area contributed by atoms with Gasteiger partial charge in [0.15, 0.2) is 0 Å². The topological polar surface area (TPSA) is 69.6 Å². The fraction of sp³-hybridized carbons (Fsp3) is 0.429. The molecule has 0 radical (unpaired) electrons. The van der Waals surface area contributed by atoms with Gasteiger partial charge < -0.3 is 5.11 Å². The lowest BCUT2D eigenvalue weighted by Crippen LogP contribution is -2.33. The minimum atomic E-state index is -3.46. The number of nitrogens with zero attached hydrogens (tertiary/aromatic N) is 1. The average molecular weight is 294 g/mol. The molecular weight excluding hydrogens is 276 g/mol. The number of anilines is 1. The van der Waals surface area contributed by atoms with Crippen molar-refractivity contribution < 1.29 is 13.5 Å². The van der Waals surface area contributed by atoms with E-state index < -0.39 is 10.2 Å². The molecule has 1 aliphatic heterocycles. The molecule has 0 saturated carbocycles. The summed E-state index contributed by atoms with van der Waals surface area (Å²) in [5.41, 5.74) is 1.23. The van der Waals surface area contributed by atoms with Gasteiger partial charge in [-0.3, -0.25) is 4.72 Å². The second-order valence-corrected chi connectivity index (χ2v) is 6.24. The first-order valence-corrected chi connectivity index (χ1v) is 8.03. The maximum absolute atomic E-state index is 12.1. The second-order valence-electron chi connectivity index (χ2n) is 4.57. The van der Waals surface area contributed by atoms with Gasteiger partial charge in [0.05, 0.1) is 12.3 Å². The zero-order valence-electron chi connectivity index (χ0n) is 11.2. The van der Waals surface area contributed by atoms with Crippen LogP contribution in [0.4, 0.5) is 5.69 Å². The molecule has 2 N–H and O–H groups in total. The van der Waals surface area contributed by atoms with Crippen LogP contribution in [0.1, 0.15) is 24.8 Å². The van der Waals surface area contributed by atoms with Crippen molar-refractivity contribution in [3.63, 3.8) is 0 Å². The Morgan fingerprint density at radius 2 is 2.05 bits per heavy atom. The minimum Gasteiger partial charge on any atom is -0.395 e. The van der Waals surface area contributed by atoms with E-state index in [1.807, 2.05) is 0 Å². The van der Waals surface area contributed by atoms with E-state index in [-0.39, 0.29) is 6.61 Å². The Morgan fingerprint density at radius 1 is 1.30 bits per heavy atom. The summed E-state index contributed by atoms with van der Waals surface area (Å²) in [6.45, 7) is 1.17. The van der Waals surface area contributed by atoms with Crippen LogP contribution in [0.25, 0.3) is 0 Å². The molecule has 0 spiro atoms. The normalized spacial score (nSPS) is 15.7. The van der Waals surface area contributed by atoms with Gasteiger partial charge in [0, 0.05) is 25.1 Å². The van der Waals surface area contributed by atoms with Gasteiger partial charge >= 0.3 is 10.2 Å². The van der Waals surface area contributed by atoms with Crippen molar-refractivity contribution in [3.05, 3.63) is 29.8 Å². The summed E-state index contributed by atoms with van der Waals surface area (Å²) in [4.78, 5) is 0. The number of rotatable bonds is 4. The third kappa shape index (κ3) is 3.97. The van der Waals surface area contributed by atoms with E-state index in [0.29, 0.717) is 25.2 Å². The van der Waals surface area contributed by atoms with Crippen LogP contribution in [0.2, 0.25) is 0 Å². The molecule has 1 aliphatic rings. The highest BCUT2D eigenvalue weighted by Crippen LogP contribution is 2.17. The van der Waals surface area contributed by atoms with Crippen LogP contribution in [0.15, 0.2) is 24.3 Å². The van der Waals surface area contributed by atoms with Crippen molar-refractivity contribution in [2.75, 3.05) is 24.4 Å². The molecule has 0 atom stereocenters. The van der Waals surface area contributed by atoms with Crippen LogP contribution in [-0.2, 0) is 10.2 Å². The summed E-state index contributed by atoms with van der Waals surface area (Å²) in [7, 11) is -3.46. The number of hydrogen-bond acceptors (Lipinski definition) is 3. The third-order valence-corrected chi connectivity index (χ3v) is 4.52. The fourth-order valence-electron chi connectivity index (χ4n) is 2.02. The smallest absolute Gasteiger partial charge is 0.301 e. The predicted octanol–water partition coefficient (Wildman–Crippen LogP) is 1.17. The van der Waals surface area contributed by atoms with Crippen molar-refractivity contribution in [2.24, 2.45) is 0 Å². The largest absolute Gasteiger partial charge is 0.395 e. The van der Waals surface area contributed by atoms with Gasteiger partial charge in [0.1, 0.15) is 0 Å². The van der Waals surface area contributed by atoms with Gasteiger partial charge in [-0.15, -0.1) is 0 Å². The molecule has 1 saturated heterocycles. The zero-order chi connectivity index (χ0) is 14.4. The number of benzene rings is 1. The van der Waals surface area contributed by atoms with E-state index in [2.05, 4.69) is 16.6 Å². The third-order valence-electron chi connectivity index (χ3n) is 2.98. The lowest BCUT2D eigenvalue weighted by atomic mass is 10.2. The fourth-order valence-corrected chi connectivity index (χ4v) is 3.32. The number of hydrogen-bond donors (Lipinski definition) is 2. The zero-order valence-corrected chi connectivity index (χ0v) is 12.0. The second kappa shape index (κ2) is 6.75. The van der Waals surface area contributed by atoms with E-state index in [9.17, 15) is 8.42 Å². The first kappa shape index (κ1) is 14.9. The van der Waals surface area contributed by atoms with Crippen molar-refractivity contribution in [2.45, 2.75) is 19.3 Å². The van der Waals surface area contributed by atoms with Crippen molar-refractivity contribution in [1.82, 2.24) is 4.31 Å². The van der Waals surface area contributed by atoms with E-state index in [1.165, 1.54) is 4.31 Å². The first-order valence-electron chi connectivity index (χ1n) is 6.59. The maximum Gasteiger partial charge on any atom is 0.301 e. The van der Waals surface area contributed by atoms with Crippen LogP contribution < -0.4 is 4.72 Å². The summed E-state index contributed by atoms with van der Waals surface area (Å²) >= 11 is 0.